The van der Waals surface area contributed by atoms with E-state index < -0.39 is 59.4 Å². The lowest BCUT2D eigenvalue weighted by molar-refractivity contribution is -0.138. The first-order valence-corrected chi connectivity index (χ1v) is 23.0. The monoisotopic (exact) mass is 991 g/mol. The van der Waals surface area contributed by atoms with Crippen LogP contribution in [0.5, 0.6) is 0 Å². The van der Waals surface area contributed by atoms with Crippen molar-refractivity contribution in [3.05, 3.63) is 153 Å². The van der Waals surface area contributed by atoms with E-state index in [0.717, 1.165) is 34.1 Å². The fourth-order valence-corrected chi connectivity index (χ4v) is 9.49. The summed E-state index contributed by atoms with van der Waals surface area (Å²) in [4.78, 5) is 70.0. The molecule has 0 fully saturated rings. The third kappa shape index (κ3) is 9.61. The molecule has 0 radical (unpaired) electrons. The van der Waals surface area contributed by atoms with Gasteiger partial charge >= 0.3 is 24.4 Å². The van der Waals surface area contributed by atoms with Crippen LogP contribution in [0.25, 0.3) is 0 Å². The normalized spacial score (nSPS) is 18.6. The largest absolute Gasteiger partial charge is 0.416 e. The molecular formula is C51H47F6N11O4. The predicted octanol–water partition coefficient (Wildman–Crippen LogP) is 8.05. The molecule has 6 amide bonds. The molecule has 4 heterocycles. The maximum Gasteiger partial charge on any atom is 0.416 e. The van der Waals surface area contributed by atoms with Crippen LogP contribution in [0.2, 0.25) is 0 Å². The molecule has 3 N–H and O–H groups in total. The minimum absolute atomic E-state index is 0.0162. The fourth-order valence-electron chi connectivity index (χ4n) is 9.49. The summed E-state index contributed by atoms with van der Waals surface area (Å²) in [5, 5.41) is 22.0. The van der Waals surface area contributed by atoms with Crippen molar-refractivity contribution in [3.8, 4) is 12.1 Å². The summed E-state index contributed by atoms with van der Waals surface area (Å²) >= 11 is 0. The van der Waals surface area contributed by atoms with Gasteiger partial charge in [0.25, 0.3) is 11.8 Å². The molecule has 8 rings (SSSR count). The van der Waals surface area contributed by atoms with Gasteiger partial charge in [0.05, 0.1) is 93.5 Å². The zero-order chi connectivity index (χ0) is 51.6. The number of alkyl halides is 6. The number of likely N-dealkylation sites (N-methyl/N-ethyl adjacent to an activating group) is 2. The second kappa shape index (κ2) is 20.2. The average Bonchev–Trinajstić information content (AvgIpc) is 3.87. The molecule has 0 aromatic heterocycles. The number of amides is 6. The van der Waals surface area contributed by atoms with E-state index in [2.05, 4.69) is 10.3 Å². The highest BCUT2D eigenvalue weighted by Crippen LogP contribution is 2.46. The van der Waals surface area contributed by atoms with Crippen LogP contribution in [-0.4, -0.2) is 102 Å². The van der Waals surface area contributed by atoms with E-state index >= 15 is 0 Å². The number of nitriles is 2. The second-order valence-electron chi connectivity index (χ2n) is 17.3. The van der Waals surface area contributed by atoms with Crippen LogP contribution >= 0.6 is 0 Å². The molecule has 21 heteroatoms. The van der Waals surface area contributed by atoms with Gasteiger partial charge in [-0.15, -0.1) is 0 Å². The van der Waals surface area contributed by atoms with Crippen molar-refractivity contribution in [2.24, 2.45) is 10.7 Å². The van der Waals surface area contributed by atoms with Crippen molar-refractivity contribution >= 4 is 41.2 Å². The summed E-state index contributed by atoms with van der Waals surface area (Å²) in [6, 6.07) is 22.2. The van der Waals surface area contributed by atoms with Crippen LogP contribution in [0.3, 0.4) is 0 Å². The molecule has 0 bridgehead atoms. The van der Waals surface area contributed by atoms with Gasteiger partial charge in [-0.3, -0.25) is 24.4 Å². The lowest BCUT2D eigenvalue weighted by Gasteiger charge is -2.42. The number of guanidine groups is 1. The Morgan fingerprint density at radius 1 is 0.653 bits per heavy atom. The highest BCUT2D eigenvalue weighted by molar-refractivity contribution is 6.08. The average molecular weight is 992 g/mol. The Bertz CT molecular complexity index is 2980. The van der Waals surface area contributed by atoms with Crippen LogP contribution in [0.1, 0.15) is 72.2 Å². The predicted molar refractivity (Wildman–Crippen MR) is 252 cm³/mol. The summed E-state index contributed by atoms with van der Waals surface area (Å²) in [5.41, 5.74) is 6.81. The molecule has 2 atom stereocenters. The van der Waals surface area contributed by atoms with Crippen molar-refractivity contribution in [3.63, 3.8) is 0 Å². The van der Waals surface area contributed by atoms with Gasteiger partial charge in [-0.2, -0.15) is 36.9 Å². The molecule has 4 aliphatic rings. The van der Waals surface area contributed by atoms with Gasteiger partial charge < -0.3 is 30.7 Å². The van der Waals surface area contributed by atoms with E-state index in [1.807, 2.05) is 12.1 Å². The molecule has 0 spiro atoms. The van der Waals surface area contributed by atoms with Crippen LogP contribution in [0.15, 0.2) is 125 Å². The Hall–Kier alpha value is -8.33. The SMILES string of the molecule is CCN1CC2=C(C1=O)[C@@H](c1ccc(C#N)cc1)N(CCCN=C(N)NCCCN1C(=O)N(c3cccc(C(F)(F)F)c3)C3=C(C(=O)N(CC)C3)[C@H]1c1ccc(C#N)cc1)C(=O)N2c1cccc(C(F)(F)F)c1. The molecule has 4 aromatic carbocycles. The van der Waals surface area contributed by atoms with Gasteiger partial charge in [0.1, 0.15) is 0 Å². The highest BCUT2D eigenvalue weighted by atomic mass is 19.4. The number of rotatable bonds is 14. The number of anilines is 2. The van der Waals surface area contributed by atoms with Gasteiger partial charge in [-0.05, 0) is 98.5 Å². The first-order valence-electron chi connectivity index (χ1n) is 23.0. The molecule has 0 unspecified atom stereocenters. The van der Waals surface area contributed by atoms with Crippen LogP contribution in [-0.2, 0) is 21.9 Å². The quantitative estimate of drug-likeness (QED) is 0.0550. The van der Waals surface area contributed by atoms with E-state index in [1.54, 1.807) is 62.4 Å². The fraction of sp³-hybridized carbons (Fsp3) is 0.314. The lowest BCUT2D eigenvalue weighted by Crippen LogP contribution is -2.51. The van der Waals surface area contributed by atoms with Crippen LogP contribution in [0, 0.1) is 22.7 Å². The van der Waals surface area contributed by atoms with E-state index in [1.165, 1.54) is 43.9 Å². The number of benzene rings is 4. The third-order valence-corrected chi connectivity index (χ3v) is 13.0. The Labute approximate surface area is 410 Å². The molecule has 15 nitrogen and oxygen atoms in total. The maximum absolute atomic E-state index is 14.7. The van der Waals surface area contributed by atoms with Crippen molar-refractivity contribution in [2.75, 3.05) is 62.2 Å². The van der Waals surface area contributed by atoms with Gasteiger partial charge in [-0.25, -0.2) is 9.59 Å². The van der Waals surface area contributed by atoms with Gasteiger partial charge in [-0.1, -0.05) is 36.4 Å². The lowest BCUT2D eigenvalue weighted by atomic mass is 9.92. The first kappa shape index (κ1) is 50.1. The van der Waals surface area contributed by atoms with Crippen molar-refractivity contribution in [1.29, 1.82) is 10.5 Å². The number of hydrogen-bond donors (Lipinski definition) is 2. The van der Waals surface area contributed by atoms with Crippen molar-refractivity contribution in [2.45, 2.75) is 51.1 Å². The molecular weight excluding hydrogens is 945 g/mol. The zero-order valence-corrected chi connectivity index (χ0v) is 39.0. The standard InChI is InChI=1S/C51H47F6N11O4/c1-3-63-29-39-41(45(63)69)43(33-17-13-31(27-58)14-18-33)65(48(71)67(39)37-11-5-9-35(25-37)50(52,53)54)23-7-21-61-47(60)62-22-8-24-66-44(34-19-15-32(28-59)16-20-34)42-40(30-64(4-2)46(42)70)68(49(66)72)38-12-6-10-36(26-38)51(55,56)57/h5-6,9-20,25-26,43-44H,3-4,7-8,21-24,29-30H2,1-2H3,(H3,60,61,62)/t43-,44-/m1/s1. The molecule has 72 heavy (non-hydrogen) atoms. The molecule has 0 saturated heterocycles. The Morgan fingerprint density at radius 3 is 1.46 bits per heavy atom. The summed E-state index contributed by atoms with van der Waals surface area (Å²) in [7, 11) is 0. The van der Waals surface area contributed by atoms with Crippen LogP contribution in [0.4, 0.5) is 47.3 Å². The number of nitrogens with two attached hydrogens (primary N) is 1. The number of halogens is 6. The third-order valence-electron chi connectivity index (χ3n) is 13.0. The number of aliphatic imine (C=N–C) groups is 1. The summed E-state index contributed by atoms with van der Waals surface area (Å²) in [6.07, 6.45) is -9.05. The minimum Gasteiger partial charge on any atom is -0.370 e. The van der Waals surface area contributed by atoms with E-state index in [-0.39, 0.29) is 105 Å². The molecule has 372 valence electrons. The zero-order valence-electron chi connectivity index (χ0n) is 39.0. The topological polar surface area (TPSA) is 186 Å². The van der Waals surface area contributed by atoms with E-state index in [9.17, 15) is 56.0 Å². The first-order chi connectivity index (χ1) is 34.4. The van der Waals surface area contributed by atoms with Gasteiger partial charge in [0, 0.05) is 39.3 Å². The van der Waals surface area contributed by atoms with Gasteiger partial charge in [0.15, 0.2) is 5.96 Å². The van der Waals surface area contributed by atoms with E-state index in [0.29, 0.717) is 22.3 Å². The van der Waals surface area contributed by atoms with Gasteiger partial charge in [0.2, 0.25) is 0 Å². The minimum atomic E-state index is -4.71. The Balaban J connectivity index is 1.01. The number of carbonyl (C=O) groups is 4. The smallest absolute Gasteiger partial charge is 0.370 e. The van der Waals surface area contributed by atoms with Crippen molar-refractivity contribution in [1.82, 2.24) is 24.9 Å². The number of nitrogens with one attached hydrogen (secondary N) is 1. The number of carbonyl (C=O) groups excluding carboxylic acids is 4. The highest BCUT2D eigenvalue weighted by Gasteiger charge is 2.50. The second-order valence-corrected chi connectivity index (χ2v) is 17.3. The van der Waals surface area contributed by atoms with E-state index in [4.69, 9.17) is 5.73 Å². The molecule has 4 aromatic rings. The number of hydrogen-bond acceptors (Lipinski definition) is 7. The summed E-state index contributed by atoms with van der Waals surface area (Å²) in [6.45, 7) is 4.11. The van der Waals surface area contributed by atoms with Crippen molar-refractivity contribution < 1.29 is 45.5 Å². The maximum atomic E-state index is 14.7. The molecule has 4 aliphatic heterocycles. The van der Waals surface area contributed by atoms with Crippen LogP contribution < -0.4 is 20.9 Å². The Morgan fingerprint density at radius 2 is 1.07 bits per heavy atom. The summed E-state index contributed by atoms with van der Waals surface area (Å²) < 4.78 is 83.7. The number of urea groups is 2. The summed E-state index contributed by atoms with van der Waals surface area (Å²) in [5.74, 6) is -0.799. The molecule has 0 saturated carbocycles. The molecule has 0 aliphatic carbocycles. The number of nitrogens with zero attached hydrogens (tertiary/aromatic N) is 9. The Kier molecular flexibility index (Phi) is 14.0.